The summed E-state index contributed by atoms with van der Waals surface area (Å²) < 4.78 is 5.34. The van der Waals surface area contributed by atoms with E-state index in [2.05, 4.69) is 73.8 Å². The lowest BCUT2D eigenvalue weighted by molar-refractivity contribution is -0.106. The van der Waals surface area contributed by atoms with Crippen molar-refractivity contribution in [2.45, 2.75) is 100 Å². The molecule has 192 valence electrons. The number of carbonyl (C=O) groups excluding carboxylic acids is 1. The van der Waals surface area contributed by atoms with Crippen LogP contribution in [-0.2, 0) is 9.53 Å². The highest BCUT2D eigenvalue weighted by molar-refractivity contribution is 5.44. The Morgan fingerprint density at radius 3 is 1.59 bits per heavy atom. The van der Waals surface area contributed by atoms with E-state index in [1.165, 1.54) is 43.8 Å². The van der Waals surface area contributed by atoms with Gasteiger partial charge in [-0.1, -0.05) is 84.4 Å². The Kier molecular flexibility index (Phi) is 33.1. The van der Waals surface area contributed by atoms with Gasteiger partial charge in [-0.05, 0) is 84.8 Å². The summed E-state index contributed by atoms with van der Waals surface area (Å²) in [6, 6.07) is 0. The van der Waals surface area contributed by atoms with Crippen LogP contribution >= 0.6 is 0 Å². The average molecular weight is 454 g/mol. The summed E-state index contributed by atoms with van der Waals surface area (Å²) in [5.74, 6) is 2.07. The average Bonchev–Trinajstić information content (AvgIpc) is 2.73. The van der Waals surface area contributed by atoms with Crippen molar-refractivity contribution in [3.63, 3.8) is 0 Å². The summed E-state index contributed by atoms with van der Waals surface area (Å²) in [6.45, 7) is 25.2. The highest BCUT2D eigenvalue weighted by Gasteiger charge is 2.15. The molecule has 4 unspecified atom stereocenters. The predicted octanol–water partition coefficient (Wildman–Crippen LogP) is 8.37. The van der Waals surface area contributed by atoms with E-state index in [-0.39, 0.29) is 0 Å². The van der Waals surface area contributed by atoms with Crippen molar-refractivity contribution in [1.82, 2.24) is 4.90 Å². The summed E-state index contributed by atoms with van der Waals surface area (Å²) >= 11 is 0. The summed E-state index contributed by atoms with van der Waals surface area (Å²) in [7, 11) is 7.80. The topological polar surface area (TPSA) is 29.5 Å². The third-order valence-electron chi connectivity index (χ3n) is 5.08. The maximum Gasteiger partial charge on any atom is 0.116 e. The van der Waals surface area contributed by atoms with Gasteiger partial charge >= 0.3 is 0 Å². The minimum absolute atomic E-state index is 0.380. The molecule has 0 heterocycles. The van der Waals surface area contributed by atoms with Crippen molar-refractivity contribution >= 4 is 6.29 Å². The number of hydrogen-bond donors (Lipinski definition) is 0. The third kappa shape index (κ3) is 33.4. The number of hydrogen-bond acceptors (Lipinski definition) is 3. The molecule has 0 saturated heterocycles. The van der Waals surface area contributed by atoms with Gasteiger partial charge in [-0.15, -0.1) is 0 Å². The van der Waals surface area contributed by atoms with E-state index in [0.717, 1.165) is 31.0 Å². The van der Waals surface area contributed by atoms with Crippen LogP contribution in [0.4, 0.5) is 0 Å². The maximum absolute atomic E-state index is 8.81. The van der Waals surface area contributed by atoms with Gasteiger partial charge in [0, 0.05) is 7.11 Å². The molecule has 4 atom stereocenters. The Balaban J connectivity index is -0.000000328. The molecule has 0 fully saturated rings. The molecule has 0 amide bonds. The van der Waals surface area contributed by atoms with Crippen molar-refractivity contribution in [1.29, 1.82) is 0 Å². The Hall–Kier alpha value is -1.19. The Morgan fingerprint density at radius 1 is 0.875 bits per heavy atom. The number of ether oxygens (including phenoxy) is 1. The second-order valence-electron chi connectivity index (χ2n) is 9.26. The molecule has 0 radical (unpaired) electrons. The van der Waals surface area contributed by atoms with Gasteiger partial charge in [0.05, 0.1) is 6.10 Å². The molecule has 3 nitrogen and oxygen atoms in total. The van der Waals surface area contributed by atoms with Crippen LogP contribution in [0.25, 0.3) is 0 Å². The van der Waals surface area contributed by atoms with Gasteiger partial charge in [-0.2, -0.15) is 0 Å². The zero-order valence-corrected chi connectivity index (χ0v) is 24.0. The molecular formula is C29H59NO2. The molecule has 0 aliphatic carbocycles. The first-order valence-electron chi connectivity index (χ1n) is 12.5. The molecule has 0 aromatic heterocycles. The second kappa shape index (κ2) is 27.8. The molecule has 0 aromatic rings. The number of aldehydes is 1. The quantitative estimate of drug-likeness (QED) is 0.219. The van der Waals surface area contributed by atoms with Crippen molar-refractivity contribution in [3.8, 4) is 0 Å². The van der Waals surface area contributed by atoms with Gasteiger partial charge in [0.2, 0.25) is 0 Å². The van der Waals surface area contributed by atoms with E-state index in [1.54, 1.807) is 7.11 Å². The van der Waals surface area contributed by atoms with E-state index in [9.17, 15) is 0 Å². The van der Waals surface area contributed by atoms with Gasteiger partial charge in [-0.25, -0.2) is 0 Å². The highest BCUT2D eigenvalue weighted by atomic mass is 16.5. The number of allylic oxidation sites excluding steroid dienone is 4. The van der Waals surface area contributed by atoms with E-state index in [0.29, 0.717) is 12.0 Å². The molecule has 32 heavy (non-hydrogen) atoms. The van der Waals surface area contributed by atoms with Crippen LogP contribution in [-0.4, -0.2) is 45.5 Å². The normalized spacial score (nSPS) is 13.9. The first-order valence-corrected chi connectivity index (χ1v) is 12.5. The lowest BCUT2D eigenvalue weighted by atomic mass is 9.84. The van der Waals surface area contributed by atoms with Gasteiger partial charge in [0.15, 0.2) is 0 Å². The molecule has 0 aliphatic rings. The molecule has 0 bridgehead atoms. The smallest absolute Gasteiger partial charge is 0.116 e. The zero-order chi connectivity index (χ0) is 26.1. The van der Waals surface area contributed by atoms with E-state index >= 15 is 0 Å². The molecule has 0 aliphatic heterocycles. The SMILES string of the molecule is C=C(/C=C\C(=C)C(C)CCC(C)C(C)CCC(C)OC)CC.CC=O.CCC.CN(C)C. The second-order valence-corrected chi connectivity index (χ2v) is 9.26. The van der Waals surface area contributed by atoms with E-state index < -0.39 is 0 Å². The van der Waals surface area contributed by atoms with Crippen LogP contribution < -0.4 is 0 Å². The molecule has 3 heteroatoms. The summed E-state index contributed by atoms with van der Waals surface area (Å²) in [6.07, 6.45) is 12.5. The maximum atomic E-state index is 8.81. The summed E-state index contributed by atoms with van der Waals surface area (Å²) in [5, 5.41) is 0. The van der Waals surface area contributed by atoms with Crippen LogP contribution in [0.5, 0.6) is 0 Å². The summed E-state index contributed by atoms with van der Waals surface area (Å²) in [4.78, 5) is 10.8. The fourth-order valence-electron chi connectivity index (χ4n) is 2.39. The predicted molar refractivity (Wildman–Crippen MR) is 147 cm³/mol. The van der Waals surface area contributed by atoms with Crippen LogP contribution in [0.2, 0.25) is 0 Å². The minimum atomic E-state index is 0.380. The molecule has 0 saturated carbocycles. The first-order chi connectivity index (χ1) is 14.9. The molecule has 0 rings (SSSR count). The molecular weight excluding hydrogens is 394 g/mol. The van der Waals surface area contributed by atoms with E-state index in [1.807, 2.05) is 26.0 Å². The molecule has 0 N–H and O–H groups in total. The van der Waals surface area contributed by atoms with Crippen LogP contribution in [0, 0.1) is 17.8 Å². The fourth-order valence-corrected chi connectivity index (χ4v) is 2.39. The van der Waals surface area contributed by atoms with Gasteiger partial charge in [0.1, 0.15) is 6.29 Å². The monoisotopic (exact) mass is 453 g/mol. The number of rotatable bonds is 12. The van der Waals surface area contributed by atoms with Crippen LogP contribution in [0.3, 0.4) is 0 Å². The lowest BCUT2D eigenvalue weighted by Gasteiger charge is -2.23. The van der Waals surface area contributed by atoms with E-state index in [4.69, 9.17) is 9.53 Å². The largest absolute Gasteiger partial charge is 0.382 e. The Morgan fingerprint density at radius 2 is 1.25 bits per heavy atom. The highest BCUT2D eigenvalue weighted by Crippen LogP contribution is 2.26. The minimum Gasteiger partial charge on any atom is -0.382 e. The lowest BCUT2D eigenvalue weighted by Crippen LogP contribution is -2.13. The van der Waals surface area contributed by atoms with Gasteiger partial charge in [-0.3, -0.25) is 0 Å². The van der Waals surface area contributed by atoms with Crippen molar-refractivity contribution in [3.05, 3.63) is 36.5 Å². The van der Waals surface area contributed by atoms with Crippen molar-refractivity contribution in [2.75, 3.05) is 28.3 Å². The molecule has 0 spiro atoms. The molecule has 0 aromatic carbocycles. The fraction of sp³-hybridized carbons (Fsp3) is 0.759. The van der Waals surface area contributed by atoms with Crippen molar-refractivity contribution in [2.24, 2.45) is 17.8 Å². The number of carbonyl (C=O) groups is 1. The van der Waals surface area contributed by atoms with Crippen LogP contribution in [0.1, 0.15) is 93.9 Å². The standard InChI is InChI=1S/C21H38O.C3H9N.C3H8.C2H4O/c1-9-16(2)10-11-17(3)18(4)12-13-19(5)20(6)14-15-21(7)22-8;1-4(2)3;1-3-2;1-2-3/h10-11,18-21H,2-3,9,12-15H2,1,4-8H3;1-3H3;3H2,1-2H3;2H,1H3/b11-10-;;;. The Labute approximate surface area is 203 Å². The van der Waals surface area contributed by atoms with Gasteiger partial charge in [0.25, 0.3) is 0 Å². The third-order valence-corrected chi connectivity index (χ3v) is 5.08. The van der Waals surface area contributed by atoms with Crippen molar-refractivity contribution < 1.29 is 9.53 Å². The first kappa shape index (κ1) is 38.1. The van der Waals surface area contributed by atoms with Crippen LogP contribution in [0.15, 0.2) is 36.5 Å². The number of nitrogens with zero attached hydrogens (tertiary/aromatic N) is 1. The Bertz CT molecular complexity index is 451. The summed E-state index contributed by atoms with van der Waals surface area (Å²) in [5.41, 5.74) is 2.39. The number of methoxy groups -OCH3 is 1. The van der Waals surface area contributed by atoms with Gasteiger partial charge < -0.3 is 14.4 Å². The zero-order valence-electron chi connectivity index (χ0n) is 24.0.